The van der Waals surface area contributed by atoms with E-state index in [1.807, 2.05) is 6.08 Å². The Hall–Kier alpha value is -2.83. The summed E-state index contributed by atoms with van der Waals surface area (Å²) in [5.74, 6) is 0.556. The van der Waals surface area contributed by atoms with Crippen molar-refractivity contribution in [2.24, 2.45) is 5.92 Å². The Morgan fingerprint density at radius 1 is 0.750 bits per heavy atom. The number of rotatable bonds is 4. The molecule has 4 aliphatic rings. The minimum atomic E-state index is 0. The molecule has 0 nitrogen and oxygen atoms in total. The zero-order valence-corrected chi connectivity index (χ0v) is 32.9. The molecule has 0 N–H and O–H groups in total. The van der Waals surface area contributed by atoms with Gasteiger partial charge in [0.1, 0.15) is 0 Å². The summed E-state index contributed by atoms with van der Waals surface area (Å²) in [6, 6.07) is 31.1. The van der Waals surface area contributed by atoms with Gasteiger partial charge in [0.2, 0.25) is 0 Å². The molecule has 1 unspecified atom stereocenters. The quantitative estimate of drug-likeness (QED) is 0.232. The number of hydrogen-bond acceptors (Lipinski definition) is 0. The third kappa shape index (κ3) is 8.66. The van der Waals surface area contributed by atoms with Gasteiger partial charge in [0.25, 0.3) is 0 Å². The molecule has 4 aromatic carbocycles. The van der Waals surface area contributed by atoms with Crippen LogP contribution in [0.1, 0.15) is 86.1 Å². The van der Waals surface area contributed by atoms with Crippen LogP contribution in [0.15, 0.2) is 109 Å². The van der Waals surface area contributed by atoms with Crippen LogP contribution >= 0.6 is 0 Å². The fourth-order valence-corrected chi connectivity index (χ4v) is 7.91. The fourth-order valence-electron chi connectivity index (χ4n) is 6.90. The van der Waals surface area contributed by atoms with Crippen molar-refractivity contribution in [2.75, 3.05) is 0 Å². The van der Waals surface area contributed by atoms with Gasteiger partial charge in [-0.25, -0.2) is 17.7 Å². The van der Waals surface area contributed by atoms with Gasteiger partial charge in [0.05, 0.1) is 0 Å². The van der Waals surface area contributed by atoms with Crippen LogP contribution in [0.5, 0.6) is 0 Å². The van der Waals surface area contributed by atoms with Crippen LogP contribution in [-0.4, -0.2) is 3.21 Å². The molecule has 4 aliphatic carbocycles. The molecular weight excluding hydrogens is 703 g/mol. The van der Waals surface area contributed by atoms with Crippen LogP contribution in [-0.2, 0) is 54.3 Å². The van der Waals surface area contributed by atoms with Crippen LogP contribution in [0.3, 0.4) is 0 Å². The Labute approximate surface area is 316 Å². The van der Waals surface area contributed by atoms with Gasteiger partial charge < -0.3 is 24.8 Å². The number of benzene rings is 4. The molecule has 1 atom stereocenters. The Morgan fingerprint density at radius 2 is 1.29 bits per heavy atom. The van der Waals surface area contributed by atoms with E-state index < -0.39 is 0 Å². The van der Waals surface area contributed by atoms with Crippen molar-refractivity contribution < 1.29 is 49.0 Å². The van der Waals surface area contributed by atoms with Crippen molar-refractivity contribution in [3.8, 4) is 11.1 Å². The predicted octanol–water partition coefficient (Wildman–Crippen LogP) is 4.81. The molecule has 0 saturated carbocycles. The second-order valence-corrected chi connectivity index (χ2v) is 16.0. The van der Waals surface area contributed by atoms with E-state index in [1.54, 1.807) is 27.4 Å². The maximum atomic E-state index is 3.50. The second kappa shape index (κ2) is 15.8. The zero-order chi connectivity index (χ0) is 32.5. The summed E-state index contributed by atoms with van der Waals surface area (Å²) in [4.78, 5) is 0. The average Bonchev–Trinajstić information content (AvgIpc) is 3.75. The molecule has 0 radical (unpaired) electrons. The fraction of sp³-hybridized carbons (Fsp3) is 0.267. The van der Waals surface area contributed by atoms with Crippen LogP contribution < -0.4 is 24.8 Å². The Balaban J connectivity index is 0.000000182. The van der Waals surface area contributed by atoms with Crippen molar-refractivity contribution >= 4 is 15.4 Å². The van der Waals surface area contributed by atoms with Crippen LogP contribution in [0.4, 0.5) is 0 Å². The summed E-state index contributed by atoms with van der Waals surface area (Å²) in [5.41, 5.74) is 15.9. The first-order valence-corrected chi connectivity index (χ1v) is 17.8. The molecule has 48 heavy (non-hydrogen) atoms. The van der Waals surface area contributed by atoms with E-state index in [4.69, 9.17) is 0 Å². The van der Waals surface area contributed by atoms with Crippen LogP contribution in [0, 0.1) is 18.1 Å². The third-order valence-corrected chi connectivity index (χ3v) is 10.3. The van der Waals surface area contributed by atoms with Gasteiger partial charge in [0.15, 0.2) is 0 Å². The van der Waals surface area contributed by atoms with Gasteiger partial charge in [-0.05, 0) is 45.9 Å². The van der Waals surface area contributed by atoms with E-state index in [2.05, 4.69) is 163 Å². The summed E-state index contributed by atoms with van der Waals surface area (Å²) in [5, 5.41) is 0. The predicted molar refractivity (Wildman–Crippen MR) is 194 cm³/mol. The Kier molecular flexibility index (Phi) is 12.5. The number of fused-ring (bicyclic) bond motifs is 5. The summed E-state index contributed by atoms with van der Waals surface area (Å²) >= 11 is 1.55. The second-order valence-electron chi connectivity index (χ2n) is 14.3. The molecule has 0 amide bonds. The molecule has 8 rings (SSSR count). The van der Waals surface area contributed by atoms with Gasteiger partial charge in [-0.2, -0.15) is 11.6 Å². The first kappa shape index (κ1) is 38.0. The molecule has 0 spiro atoms. The zero-order valence-electron chi connectivity index (χ0n) is 28.9. The molecule has 4 aromatic rings. The molecule has 0 fully saturated rings. The van der Waals surface area contributed by atoms with Crippen molar-refractivity contribution in [1.82, 2.24) is 0 Å². The minimum absolute atomic E-state index is 0. The summed E-state index contributed by atoms with van der Waals surface area (Å²) in [6.45, 7) is 13.4. The van der Waals surface area contributed by atoms with Crippen LogP contribution in [0.25, 0.3) is 23.3 Å². The molecule has 0 bridgehead atoms. The number of hydrogen-bond donors (Lipinski definition) is 0. The van der Waals surface area contributed by atoms with Gasteiger partial charge in [-0.1, -0.05) is 70.2 Å². The molecule has 0 aliphatic heterocycles. The van der Waals surface area contributed by atoms with E-state index in [-0.39, 0.29) is 35.6 Å². The first-order valence-electron chi connectivity index (χ1n) is 16.6. The van der Waals surface area contributed by atoms with Crippen molar-refractivity contribution in [2.45, 2.75) is 71.6 Å². The summed E-state index contributed by atoms with van der Waals surface area (Å²) < 4.78 is 1.60. The van der Waals surface area contributed by atoms with Crippen LogP contribution in [0.2, 0.25) is 0 Å². The van der Waals surface area contributed by atoms with E-state index >= 15 is 0 Å². The van der Waals surface area contributed by atoms with Gasteiger partial charge >= 0.3 is 112 Å². The molecule has 0 heterocycles. The van der Waals surface area contributed by atoms with Crippen molar-refractivity contribution in [1.29, 1.82) is 0 Å². The SMILES string of the molecule is CC1(C)[C-]=Cc2cc3c(cc21)Cc1cc2c(cc1-3)C=CC2(C)C.CC1=CC(C)[C-]=C1.[Cl-].[Cl-].[Zr+2]=[C](Cc1ccccc1)Cc1ccccc1. The Morgan fingerprint density at radius 3 is 1.79 bits per heavy atom. The molecule has 244 valence electrons. The van der Waals surface area contributed by atoms with Gasteiger partial charge in [-0.15, -0.1) is 18.6 Å². The molecule has 0 aromatic heterocycles. The number of allylic oxidation sites excluding steroid dienone is 6. The molecule has 0 saturated heterocycles. The van der Waals surface area contributed by atoms with Gasteiger partial charge in [-0.3, -0.25) is 12.2 Å². The van der Waals surface area contributed by atoms with E-state index in [0.29, 0.717) is 5.92 Å². The van der Waals surface area contributed by atoms with Crippen molar-refractivity contribution in [3.05, 3.63) is 165 Å². The molecule has 3 heteroatoms. The van der Waals surface area contributed by atoms with E-state index in [0.717, 1.165) is 19.3 Å². The topological polar surface area (TPSA) is 0 Å². The summed E-state index contributed by atoms with van der Waals surface area (Å²) in [7, 11) is 0. The summed E-state index contributed by atoms with van der Waals surface area (Å²) in [6.07, 6.45) is 21.0. The maximum absolute atomic E-state index is 3.50. The van der Waals surface area contributed by atoms with E-state index in [9.17, 15) is 0 Å². The van der Waals surface area contributed by atoms with Gasteiger partial charge in [0, 0.05) is 5.41 Å². The normalized spacial score (nSPS) is 17.2. The monoisotopic (exact) mass is 744 g/mol. The average molecular weight is 747 g/mol. The third-order valence-electron chi connectivity index (χ3n) is 9.46. The first-order chi connectivity index (χ1) is 22.0. The standard InChI is InChI=1S/C23H21.C15H14.C7H9.2ClH.Zr/c1-22(2)7-5-14-10-18-16(12-20(14)22)9-17-13-21-15(11-19(17)18)6-8-23(21,3)4;1-3-8-14(9-4-1)12-7-13-15-10-5-2-6-11-15;1-6-3-4-7(2)5-6;;;/h5-7,10-13H,9H2,1-4H3;1-6,8-11H,12-13H2;3,5,7H,1-2H3;2*1H;/q-1;;-1;;;+2/p-2. The van der Waals surface area contributed by atoms with Crippen molar-refractivity contribution in [3.63, 3.8) is 0 Å². The Bertz CT molecular complexity index is 1770. The number of halogens is 2. The molecular formula is C45H44Cl2Zr-2. The van der Waals surface area contributed by atoms with E-state index in [1.165, 1.54) is 61.2 Å².